The van der Waals surface area contributed by atoms with E-state index in [2.05, 4.69) is 18.7 Å². The van der Waals surface area contributed by atoms with Crippen LogP contribution in [0.5, 0.6) is 5.75 Å². The molecule has 0 fully saturated rings. The molecule has 1 aromatic carbocycles. The second-order valence-electron chi connectivity index (χ2n) is 4.65. The fraction of sp³-hybridized carbons (Fsp3) is 0.533. The number of carbonyl (C=O) groups is 1. The fourth-order valence-electron chi connectivity index (χ4n) is 1.74. The van der Waals surface area contributed by atoms with Gasteiger partial charge in [-0.1, -0.05) is 12.1 Å². The number of carbonyl (C=O) groups excluding carboxylic acids is 1. The molecule has 106 valence electrons. The lowest BCUT2D eigenvalue weighted by Crippen LogP contribution is -2.35. The Balaban J connectivity index is 2.65. The van der Waals surface area contributed by atoms with Gasteiger partial charge in [0.1, 0.15) is 5.75 Å². The highest BCUT2D eigenvalue weighted by atomic mass is 16.5. The van der Waals surface area contributed by atoms with Crippen LogP contribution >= 0.6 is 0 Å². The van der Waals surface area contributed by atoms with Crippen LogP contribution in [0.15, 0.2) is 24.3 Å². The van der Waals surface area contributed by atoms with Crippen LogP contribution in [-0.4, -0.2) is 37.2 Å². The maximum absolute atomic E-state index is 11.4. The average Bonchev–Trinajstić information content (AvgIpc) is 2.40. The van der Waals surface area contributed by atoms with Crippen molar-refractivity contribution in [2.75, 3.05) is 20.3 Å². The van der Waals surface area contributed by atoms with Gasteiger partial charge in [-0.05, 0) is 38.5 Å². The van der Waals surface area contributed by atoms with Crippen LogP contribution in [0.4, 0.5) is 0 Å². The molecule has 0 aliphatic rings. The number of ether oxygens (including phenoxy) is 2. The molecule has 0 atom stereocenters. The van der Waals surface area contributed by atoms with Crippen molar-refractivity contribution in [2.45, 2.75) is 33.4 Å². The van der Waals surface area contributed by atoms with E-state index < -0.39 is 0 Å². The van der Waals surface area contributed by atoms with Crippen molar-refractivity contribution in [2.24, 2.45) is 0 Å². The van der Waals surface area contributed by atoms with Gasteiger partial charge in [-0.25, -0.2) is 0 Å². The molecule has 0 N–H and O–H groups in total. The first kappa shape index (κ1) is 15.5. The van der Waals surface area contributed by atoms with Crippen molar-refractivity contribution in [1.29, 1.82) is 0 Å². The van der Waals surface area contributed by atoms with E-state index in [1.54, 1.807) is 0 Å². The molecule has 0 bridgehead atoms. The molecule has 0 heterocycles. The predicted molar refractivity (Wildman–Crippen MR) is 75.2 cm³/mol. The van der Waals surface area contributed by atoms with E-state index in [-0.39, 0.29) is 12.0 Å². The summed E-state index contributed by atoms with van der Waals surface area (Å²) in [5.74, 6) is 0.662. The van der Waals surface area contributed by atoms with E-state index in [1.807, 2.05) is 31.2 Å². The van der Waals surface area contributed by atoms with Gasteiger partial charge in [0, 0.05) is 12.6 Å². The Morgan fingerprint density at radius 3 is 2.37 bits per heavy atom. The standard InChI is InChI=1S/C15H23NO3/c1-5-19-14-8-6-13(7-9-14)10-16(12(2)3)11-15(17)18-4/h6-9,12H,5,10-11H2,1-4H3. The molecule has 1 aromatic rings. The maximum Gasteiger partial charge on any atom is 0.319 e. The SMILES string of the molecule is CCOc1ccc(CN(CC(=O)OC)C(C)C)cc1. The Labute approximate surface area is 115 Å². The lowest BCUT2D eigenvalue weighted by molar-refractivity contribution is -0.142. The van der Waals surface area contributed by atoms with E-state index >= 15 is 0 Å². The predicted octanol–water partition coefficient (Wildman–Crippen LogP) is 2.47. The molecule has 0 aromatic heterocycles. The molecule has 0 aliphatic carbocycles. The Hall–Kier alpha value is -1.55. The number of methoxy groups -OCH3 is 1. The van der Waals surface area contributed by atoms with Gasteiger partial charge >= 0.3 is 5.97 Å². The van der Waals surface area contributed by atoms with Crippen molar-refractivity contribution in [3.05, 3.63) is 29.8 Å². The fourth-order valence-corrected chi connectivity index (χ4v) is 1.74. The van der Waals surface area contributed by atoms with Crippen LogP contribution in [0.1, 0.15) is 26.3 Å². The lowest BCUT2D eigenvalue weighted by atomic mass is 10.2. The molecular weight excluding hydrogens is 242 g/mol. The molecule has 0 amide bonds. The number of hydrogen-bond donors (Lipinski definition) is 0. The third kappa shape index (κ3) is 5.30. The second-order valence-corrected chi connectivity index (χ2v) is 4.65. The van der Waals surface area contributed by atoms with Crippen LogP contribution in [0.3, 0.4) is 0 Å². The van der Waals surface area contributed by atoms with Crippen molar-refractivity contribution >= 4 is 5.97 Å². The molecule has 0 radical (unpaired) electrons. The van der Waals surface area contributed by atoms with Crippen LogP contribution < -0.4 is 4.74 Å². The van der Waals surface area contributed by atoms with E-state index in [0.29, 0.717) is 13.2 Å². The van der Waals surface area contributed by atoms with Gasteiger partial charge in [0.15, 0.2) is 0 Å². The minimum Gasteiger partial charge on any atom is -0.494 e. The van der Waals surface area contributed by atoms with Gasteiger partial charge in [-0.2, -0.15) is 0 Å². The first-order valence-corrected chi connectivity index (χ1v) is 6.59. The minimum absolute atomic E-state index is 0.209. The van der Waals surface area contributed by atoms with Crippen molar-refractivity contribution in [3.8, 4) is 5.75 Å². The van der Waals surface area contributed by atoms with Crippen molar-refractivity contribution in [1.82, 2.24) is 4.90 Å². The van der Waals surface area contributed by atoms with E-state index in [9.17, 15) is 4.79 Å². The summed E-state index contributed by atoms with van der Waals surface area (Å²) in [4.78, 5) is 13.4. The molecule has 0 saturated heterocycles. The zero-order valence-electron chi connectivity index (χ0n) is 12.2. The molecule has 0 unspecified atom stereocenters. The third-order valence-electron chi connectivity index (χ3n) is 2.91. The number of benzene rings is 1. The van der Waals surface area contributed by atoms with Gasteiger partial charge in [0.05, 0.1) is 20.3 Å². The van der Waals surface area contributed by atoms with Crippen molar-refractivity contribution in [3.63, 3.8) is 0 Å². The highest BCUT2D eigenvalue weighted by Gasteiger charge is 2.14. The largest absolute Gasteiger partial charge is 0.494 e. The second kappa shape index (κ2) is 7.79. The van der Waals surface area contributed by atoms with E-state index in [4.69, 9.17) is 9.47 Å². The van der Waals surface area contributed by atoms with Crippen molar-refractivity contribution < 1.29 is 14.3 Å². The molecule has 0 aliphatic heterocycles. The van der Waals surface area contributed by atoms with Crippen LogP contribution in [0.2, 0.25) is 0 Å². The van der Waals surface area contributed by atoms with Gasteiger partial charge in [0.25, 0.3) is 0 Å². The van der Waals surface area contributed by atoms with Crippen LogP contribution in [0, 0.1) is 0 Å². The van der Waals surface area contributed by atoms with Gasteiger partial charge < -0.3 is 9.47 Å². The number of nitrogens with zero attached hydrogens (tertiary/aromatic N) is 1. The van der Waals surface area contributed by atoms with Gasteiger partial charge in [-0.3, -0.25) is 9.69 Å². The summed E-state index contributed by atoms with van der Waals surface area (Å²) in [7, 11) is 1.41. The van der Waals surface area contributed by atoms with Gasteiger partial charge in [0.2, 0.25) is 0 Å². The highest BCUT2D eigenvalue weighted by Crippen LogP contribution is 2.14. The summed E-state index contributed by atoms with van der Waals surface area (Å²) in [6.07, 6.45) is 0. The topological polar surface area (TPSA) is 38.8 Å². The Kier molecular flexibility index (Phi) is 6.36. The Bertz CT molecular complexity index is 387. The molecular formula is C15H23NO3. The minimum atomic E-state index is -0.209. The van der Waals surface area contributed by atoms with Crippen LogP contribution in [-0.2, 0) is 16.1 Å². The first-order chi connectivity index (χ1) is 9.06. The summed E-state index contributed by atoms with van der Waals surface area (Å²) in [5, 5.41) is 0. The average molecular weight is 265 g/mol. The molecule has 4 nitrogen and oxygen atoms in total. The van der Waals surface area contributed by atoms with E-state index in [1.165, 1.54) is 7.11 Å². The number of rotatable bonds is 7. The monoisotopic (exact) mass is 265 g/mol. The zero-order chi connectivity index (χ0) is 14.3. The quantitative estimate of drug-likeness (QED) is 0.710. The zero-order valence-corrected chi connectivity index (χ0v) is 12.2. The molecule has 0 spiro atoms. The molecule has 19 heavy (non-hydrogen) atoms. The Morgan fingerprint density at radius 2 is 1.89 bits per heavy atom. The summed E-state index contributed by atoms with van der Waals surface area (Å²) >= 11 is 0. The molecule has 1 rings (SSSR count). The smallest absolute Gasteiger partial charge is 0.319 e. The summed E-state index contributed by atoms with van der Waals surface area (Å²) < 4.78 is 10.1. The first-order valence-electron chi connectivity index (χ1n) is 6.59. The summed E-state index contributed by atoms with van der Waals surface area (Å²) in [6.45, 7) is 7.79. The highest BCUT2D eigenvalue weighted by molar-refractivity contribution is 5.71. The third-order valence-corrected chi connectivity index (χ3v) is 2.91. The lowest BCUT2D eigenvalue weighted by Gasteiger charge is -2.25. The number of esters is 1. The Morgan fingerprint density at radius 1 is 1.26 bits per heavy atom. The molecule has 0 saturated carbocycles. The number of hydrogen-bond acceptors (Lipinski definition) is 4. The normalized spacial score (nSPS) is 10.8. The van der Waals surface area contributed by atoms with Gasteiger partial charge in [-0.15, -0.1) is 0 Å². The summed E-state index contributed by atoms with van der Waals surface area (Å²) in [6, 6.07) is 8.24. The van der Waals surface area contributed by atoms with Crippen LogP contribution in [0.25, 0.3) is 0 Å². The maximum atomic E-state index is 11.4. The summed E-state index contributed by atoms with van der Waals surface area (Å²) in [5.41, 5.74) is 1.15. The molecule has 4 heteroatoms. The van der Waals surface area contributed by atoms with E-state index in [0.717, 1.165) is 17.9 Å².